The SMILES string of the molecule is CCCCCOc1ccc(C(=O)Nc2ccc(OC)c(S(=O)(=O)N(C)C)c2)cc1. The van der Waals surface area contributed by atoms with Gasteiger partial charge < -0.3 is 14.8 Å². The minimum Gasteiger partial charge on any atom is -0.495 e. The van der Waals surface area contributed by atoms with Crippen LogP contribution in [-0.4, -0.2) is 46.4 Å². The number of methoxy groups -OCH3 is 1. The Balaban J connectivity index is 2.12. The van der Waals surface area contributed by atoms with Crippen molar-refractivity contribution >= 4 is 21.6 Å². The first-order valence-corrected chi connectivity index (χ1v) is 10.9. The molecule has 0 spiro atoms. The van der Waals surface area contributed by atoms with Crippen LogP contribution >= 0.6 is 0 Å². The lowest BCUT2D eigenvalue weighted by Gasteiger charge is -2.16. The average molecular weight is 421 g/mol. The molecule has 0 aliphatic carbocycles. The first-order valence-electron chi connectivity index (χ1n) is 9.44. The van der Waals surface area contributed by atoms with Crippen LogP contribution in [0, 0.1) is 0 Å². The Morgan fingerprint density at radius 2 is 1.76 bits per heavy atom. The first kappa shape index (κ1) is 22.7. The fraction of sp³-hybridized carbons (Fsp3) is 0.381. The van der Waals surface area contributed by atoms with E-state index in [0.29, 0.717) is 23.6 Å². The lowest BCUT2D eigenvalue weighted by Crippen LogP contribution is -2.23. The van der Waals surface area contributed by atoms with Crippen LogP contribution in [0.25, 0.3) is 0 Å². The largest absolute Gasteiger partial charge is 0.495 e. The number of ether oxygens (including phenoxy) is 2. The molecular formula is C21H28N2O5S. The van der Waals surface area contributed by atoms with Crippen molar-refractivity contribution in [2.75, 3.05) is 33.1 Å². The van der Waals surface area contributed by atoms with E-state index in [0.717, 1.165) is 23.6 Å². The Bertz CT molecular complexity index is 925. The Morgan fingerprint density at radius 3 is 2.34 bits per heavy atom. The Hall–Kier alpha value is -2.58. The molecule has 0 aliphatic heterocycles. The van der Waals surface area contributed by atoms with E-state index < -0.39 is 10.0 Å². The maximum atomic E-state index is 12.5. The molecule has 0 saturated heterocycles. The van der Waals surface area contributed by atoms with Crippen molar-refractivity contribution in [3.05, 3.63) is 48.0 Å². The highest BCUT2D eigenvalue weighted by Crippen LogP contribution is 2.29. The fourth-order valence-corrected chi connectivity index (χ4v) is 3.68. The van der Waals surface area contributed by atoms with Gasteiger partial charge >= 0.3 is 0 Å². The molecule has 2 rings (SSSR count). The molecule has 29 heavy (non-hydrogen) atoms. The summed E-state index contributed by atoms with van der Waals surface area (Å²) >= 11 is 0. The van der Waals surface area contributed by atoms with Gasteiger partial charge in [-0.1, -0.05) is 19.8 Å². The van der Waals surface area contributed by atoms with Crippen LogP contribution in [0.1, 0.15) is 36.5 Å². The standard InChI is InChI=1S/C21H28N2O5S/c1-5-6-7-14-28-18-11-8-16(9-12-18)21(24)22-17-10-13-19(27-4)20(15-17)29(25,26)23(2)3/h8-13,15H,5-7,14H2,1-4H3,(H,22,24). The van der Waals surface area contributed by atoms with Crippen molar-refractivity contribution in [3.63, 3.8) is 0 Å². The molecule has 1 N–H and O–H groups in total. The van der Waals surface area contributed by atoms with Crippen LogP contribution in [0.2, 0.25) is 0 Å². The zero-order valence-electron chi connectivity index (χ0n) is 17.3. The van der Waals surface area contributed by atoms with Gasteiger partial charge in [-0.25, -0.2) is 12.7 Å². The van der Waals surface area contributed by atoms with Crippen molar-refractivity contribution < 1.29 is 22.7 Å². The van der Waals surface area contributed by atoms with Crippen molar-refractivity contribution in [2.24, 2.45) is 0 Å². The van der Waals surface area contributed by atoms with E-state index in [4.69, 9.17) is 9.47 Å². The second-order valence-electron chi connectivity index (χ2n) is 6.69. The van der Waals surface area contributed by atoms with Crippen LogP contribution in [0.5, 0.6) is 11.5 Å². The second-order valence-corrected chi connectivity index (χ2v) is 8.81. The average Bonchev–Trinajstić information content (AvgIpc) is 2.71. The molecule has 0 saturated carbocycles. The number of carbonyl (C=O) groups excluding carboxylic acids is 1. The van der Waals surface area contributed by atoms with Crippen LogP contribution in [0.15, 0.2) is 47.4 Å². The highest BCUT2D eigenvalue weighted by Gasteiger charge is 2.23. The first-order chi connectivity index (χ1) is 13.8. The number of carbonyl (C=O) groups is 1. The van der Waals surface area contributed by atoms with E-state index in [1.165, 1.54) is 33.3 Å². The molecule has 0 aromatic heterocycles. The molecule has 2 aromatic rings. The lowest BCUT2D eigenvalue weighted by molar-refractivity contribution is 0.102. The summed E-state index contributed by atoms with van der Waals surface area (Å²) in [6, 6.07) is 11.3. The van der Waals surface area contributed by atoms with Crippen molar-refractivity contribution in [3.8, 4) is 11.5 Å². The van der Waals surface area contributed by atoms with E-state index in [2.05, 4.69) is 12.2 Å². The number of amides is 1. The Morgan fingerprint density at radius 1 is 1.07 bits per heavy atom. The number of benzene rings is 2. The normalized spacial score (nSPS) is 11.3. The summed E-state index contributed by atoms with van der Waals surface area (Å²) in [5.41, 5.74) is 0.801. The topological polar surface area (TPSA) is 84.9 Å². The van der Waals surface area contributed by atoms with Crippen molar-refractivity contribution in [1.82, 2.24) is 4.31 Å². The third-order valence-corrected chi connectivity index (χ3v) is 6.15. The van der Waals surface area contributed by atoms with Gasteiger partial charge in [0.25, 0.3) is 5.91 Å². The molecule has 0 bridgehead atoms. The molecule has 8 heteroatoms. The van der Waals surface area contributed by atoms with Gasteiger partial charge in [0, 0.05) is 25.3 Å². The number of rotatable bonds is 10. The molecular weight excluding hydrogens is 392 g/mol. The number of unbranched alkanes of at least 4 members (excludes halogenated alkanes) is 2. The smallest absolute Gasteiger partial charge is 0.255 e. The monoisotopic (exact) mass is 420 g/mol. The fourth-order valence-electron chi connectivity index (χ4n) is 2.60. The van der Waals surface area contributed by atoms with Crippen LogP contribution in [-0.2, 0) is 10.0 Å². The Labute approximate surface area is 172 Å². The van der Waals surface area contributed by atoms with E-state index in [1.54, 1.807) is 30.3 Å². The molecule has 0 atom stereocenters. The van der Waals surface area contributed by atoms with Gasteiger partial charge in [0.2, 0.25) is 10.0 Å². The molecule has 0 unspecified atom stereocenters. The molecule has 0 heterocycles. The third kappa shape index (κ3) is 5.95. The van der Waals surface area contributed by atoms with Crippen LogP contribution < -0.4 is 14.8 Å². The van der Waals surface area contributed by atoms with E-state index in [9.17, 15) is 13.2 Å². The van der Waals surface area contributed by atoms with Crippen LogP contribution in [0.3, 0.4) is 0 Å². The summed E-state index contributed by atoms with van der Waals surface area (Å²) in [6.45, 7) is 2.78. The minimum atomic E-state index is -3.72. The van der Waals surface area contributed by atoms with E-state index in [-0.39, 0.29) is 16.6 Å². The van der Waals surface area contributed by atoms with Gasteiger partial charge in [0.15, 0.2) is 0 Å². The molecule has 0 radical (unpaired) electrons. The molecule has 0 fully saturated rings. The summed E-state index contributed by atoms with van der Waals surface area (Å²) in [5, 5.41) is 2.72. The van der Waals surface area contributed by atoms with E-state index in [1.807, 2.05) is 0 Å². The minimum absolute atomic E-state index is 0.0152. The summed E-state index contributed by atoms with van der Waals surface area (Å²) in [7, 11) is 0.549. The summed E-state index contributed by atoms with van der Waals surface area (Å²) in [5.74, 6) is 0.573. The number of nitrogens with zero attached hydrogens (tertiary/aromatic N) is 1. The molecule has 0 aliphatic rings. The lowest BCUT2D eigenvalue weighted by atomic mass is 10.2. The van der Waals surface area contributed by atoms with Gasteiger partial charge in [-0.2, -0.15) is 0 Å². The second kappa shape index (κ2) is 10.3. The third-order valence-electron chi connectivity index (χ3n) is 4.31. The van der Waals surface area contributed by atoms with Gasteiger partial charge in [-0.15, -0.1) is 0 Å². The van der Waals surface area contributed by atoms with Gasteiger partial charge in [0.05, 0.1) is 13.7 Å². The molecule has 2 aromatic carbocycles. The highest BCUT2D eigenvalue weighted by atomic mass is 32.2. The predicted octanol–water partition coefficient (Wildman–Crippen LogP) is 3.77. The van der Waals surface area contributed by atoms with Crippen molar-refractivity contribution in [1.29, 1.82) is 0 Å². The summed E-state index contributed by atoms with van der Waals surface area (Å²) < 4.78 is 36.9. The number of sulfonamides is 1. The number of anilines is 1. The summed E-state index contributed by atoms with van der Waals surface area (Å²) in [6.07, 6.45) is 3.24. The maximum Gasteiger partial charge on any atom is 0.255 e. The van der Waals surface area contributed by atoms with Crippen molar-refractivity contribution in [2.45, 2.75) is 31.1 Å². The van der Waals surface area contributed by atoms with E-state index >= 15 is 0 Å². The maximum absolute atomic E-state index is 12.5. The zero-order chi connectivity index (χ0) is 21.4. The zero-order valence-corrected chi connectivity index (χ0v) is 18.1. The number of hydrogen-bond acceptors (Lipinski definition) is 5. The molecule has 158 valence electrons. The van der Waals surface area contributed by atoms with Crippen LogP contribution in [0.4, 0.5) is 5.69 Å². The predicted molar refractivity (Wildman–Crippen MR) is 113 cm³/mol. The Kier molecular flexibility index (Phi) is 8.04. The quantitative estimate of drug-likeness (QED) is 0.592. The molecule has 1 amide bonds. The number of hydrogen-bond donors (Lipinski definition) is 1. The molecule has 7 nitrogen and oxygen atoms in total. The highest BCUT2D eigenvalue weighted by molar-refractivity contribution is 7.89. The van der Waals surface area contributed by atoms with Gasteiger partial charge in [0.1, 0.15) is 16.4 Å². The van der Waals surface area contributed by atoms with Gasteiger partial charge in [-0.3, -0.25) is 4.79 Å². The summed E-state index contributed by atoms with van der Waals surface area (Å²) in [4.78, 5) is 12.5. The number of nitrogens with one attached hydrogen (secondary N) is 1. The van der Waals surface area contributed by atoms with Gasteiger partial charge in [-0.05, 0) is 48.9 Å².